The van der Waals surface area contributed by atoms with Crippen LogP contribution in [0, 0.1) is 0 Å². The molecule has 0 heterocycles. The van der Waals surface area contributed by atoms with Crippen molar-refractivity contribution >= 4 is 11.9 Å². The van der Waals surface area contributed by atoms with E-state index >= 15 is 0 Å². The predicted octanol–water partition coefficient (Wildman–Crippen LogP) is -0.421. The average molecular weight is 192 g/mol. The zero-order chi connectivity index (χ0) is 10.1. The molecule has 0 rings (SSSR count). The van der Waals surface area contributed by atoms with Crippen LogP contribution in [0.4, 0.5) is 0 Å². The van der Waals surface area contributed by atoms with Gasteiger partial charge in [-0.3, -0.25) is 4.79 Å². The van der Waals surface area contributed by atoms with Gasteiger partial charge in [-0.05, 0) is 0 Å². The molecule has 0 unspecified atom stereocenters. The summed E-state index contributed by atoms with van der Waals surface area (Å²) in [6.07, 6.45) is -0.0566. The highest BCUT2D eigenvalue weighted by Gasteiger charge is 1.97. The SMILES string of the molecule is O=C(O)CCOCCOCC(=O)O. The van der Waals surface area contributed by atoms with Crippen LogP contribution in [0.1, 0.15) is 6.42 Å². The standard InChI is InChI=1S/C7H12O6/c8-6(9)1-2-12-3-4-13-5-7(10)11/h1-5H2,(H,8,9)(H,10,11). The van der Waals surface area contributed by atoms with Gasteiger partial charge >= 0.3 is 11.9 Å². The molecule has 0 radical (unpaired) electrons. The number of hydrogen-bond donors (Lipinski definition) is 2. The Kier molecular flexibility index (Phi) is 6.85. The molecule has 0 aromatic rings. The van der Waals surface area contributed by atoms with Gasteiger partial charge < -0.3 is 19.7 Å². The van der Waals surface area contributed by atoms with Crippen molar-refractivity contribution in [3.63, 3.8) is 0 Å². The minimum atomic E-state index is -1.04. The molecule has 6 nitrogen and oxygen atoms in total. The van der Waals surface area contributed by atoms with E-state index in [-0.39, 0.29) is 32.8 Å². The molecule has 0 aromatic carbocycles. The van der Waals surface area contributed by atoms with Gasteiger partial charge in [0.05, 0.1) is 26.2 Å². The van der Waals surface area contributed by atoms with E-state index in [0.717, 1.165) is 0 Å². The van der Waals surface area contributed by atoms with Crippen LogP contribution in [0.3, 0.4) is 0 Å². The van der Waals surface area contributed by atoms with Crippen LogP contribution in [0.5, 0.6) is 0 Å². The van der Waals surface area contributed by atoms with Crippen molar-refractivity contribution in [3.05, 3.63) is 0 Å². The molecule has 0 saturated carbocycles. The molecule has 0 saturated heterocycles. The second kappa shape index (κ2) is 7.51. The zero-order valence-electron chi connectivity index (χ0n) is 7.06. The number of carbonyl (C=O) groups is 2. The maximum atomic E-state index is 9.99. The molecular formula is C7H12O6. The first kappa shape index (κ1) is 11.9. The Bertz CT molecular complexity index is 148. The van der Waals surface area contributed by atoms with Crippen LogP contribution in [0.2, 0.25) is 0 Å². The van der Waals surface area contributed by atoms with Gasteiger partial charge in [-0.2, -0.15) is 0 Å². The molecule has 76 valence electrons. The largest absolute Gasteiger partial charge is 0.481 e. The third kappa shape index (κ3) is 10.9. The van der Waals surface area contributed by atoms with Crippen molar-refractivity contribution in [1.82, 2.24) is 0 Å². The molecule has 2 N–H and O–H groups in total. The fourth-order valence-electron chi connectivity index (χ4n) is 0.539. The minimum Gasteiger partial charge on any atom is -0.481 e. The minimum absolute atomic E-state index is 0.0566. The van der Waals surface area contributed by atoms with E-state index in [0.29, 0.717) is 0 Å². The number of carboxylic acid groups (broad SMARTS) is 2. The Morgan fingerprint density at radius 1 is 0.923 bits per heavy atom. The number of aliphatic carboxylic acids is 2. The van der Waals surface area contributed by atoms with Crippen molar-refractivity contribution in [2.45, 2.75) is 6.42 Å². The van der Waals surface area contributed by atoms with Crippen molar-refractivity contribution in [3.8, 4) is 0 Å². The topological polar surface area (TPSA) is 93.1 Å². The Hall–Kier alpha value is -1.14. The molecular weight excluding hydrogens is 180 g/mol. The van der Waals surface area contributed by atoms with Crippen LogP contribution < -0.4 is 0 Å². The molecule has 13 heavy (non-hydrogen) atoms. The first-order valence-corrected chi connectivity index (χ1v) is 3.72. The summed E-state index contributed by atoms with van der Waals surface area (Å²) in [6, 6.07) is 0. The highest BCUT2D eigenvalue weighted by atomic mass is 16.5. The van der Waals surface area contributed by atoms with Crippen LogP contribution in [-0.4, -0.2) is 48.6 Å². The molecule has 0 aliphatic carbocycles. The lowest BCUT2D eigenvalue weighted by atomic mass is 10.5. The molecule has 6 heteroatoms. The van der Waals surface area contributed by atoms with Crippen LogP contribution in [0.25, 0.3) is 0 Å². The van der Waals surface area contributed by atoms with E-state index < -0.39 is 11.9 Å². The molecule has 0 aliphatic heterocycles. The van der Waals surface area contributed by atoms with Crippen molar-refractivity contribution in [1.29, 1.82) is 0 Å². The summed E-state index contributed by atoms with van der Waals surface area (Å²) in [5.41, 5.74) is 0. The van der Waals surface area contributed by atoms with Gasteiger partial charge in [0.1, 0.15) is 6.61 Å². The summed E-state index contributed by atoms with van der Waals surface area (Å²) in [6.45, 7) is 0.126. The maximum Gasteiger partial charge on any atom is 0.329 e. The van der Waals surface area contributed by atoms with E-state index in [2.05, 4.69) is 4.74 Å². The highest BCUT2D eigenvalue weighted by molar-refractivity contribution is 5.68. The van der Waals surface area contributed by atoms with E-state index in [4.69, 9.17) is 14.9 Å². The summed E-state index contributed by atoms with van der Waals surface area (Å²) in [5.74, 6) is -1.96. The second-order valence-corrected chi connectivity index (χ2v) is 2.20. The summed E-state index contributed by atoms with van der Waals surface area (Å²) >= 11 is 0. The van der Waals surface area contributed by atoms with Gasteiger partial charge in [0.15, 0.2) is 0 Å². The van der Waals surface area contributed by atoms with Gasteiger partial charge in [0.25, 0.3) is 0 Å². The summed E-state index contributed by atoms with van der Waals surface area (Å²) in [7, 11) is 0. The van der Waals surface area contributed by atoms with E-state index in [9.17, 15) is 9.59 Å². The van der Waals surface area contributed by atoms with Gasteiger partial charge in [-0.1, -0.05) is 0 Å². The highest BCUT2D eigenvalue weighted by Crippen LogP contribution is 1.83. The quantitative estimate of drug-likeness (QED) is 0.507. The molecule has 0 fully saturated rings. The summed E-state index contributed by atoms with van der Waals surface area (Å²) < 4.78 is 9.46. The number of ether oxygens (including phenoxy) is 2. The van der Waals surface area contributed by atoms with Crippen molar-refractivity contribution < 1.29 is 29.3 Å². The lowest BCUT2D eigenvalue weighted by Crippen LogP contribution is -2.12. The van der Waals surface area contributed by atoms with Crippen LogP contribution in [-0.2, 0) is 19.1 Å². The number of rotatable bonds is 8. The van der Waals surface area contributed by atoms with Crippen LogP contribution in [0.15, 0.2) is 0 Å². The Balaban J connectivity index is 3.00. The molecule has 0 atom stereocenters. The third-order valence-corrected chi connectivity index (χ3v) is 1.06. The van der Waals surface area contributed by atoms with Crippen LogP contribution >= 0.6 is 0 Å². The Labute approximate surface area is 75.1 Å². The molecule has 0 aliphatic rings. The smallest absolute Gasteiger partial charge is 0.329 e. The molecule has 0 amide bonds. The zero-order valence-corrected chi connectivity index (χ0v) is 7.06. The van der Waals surface area contributed by atoms with Crippen molar-refractivity contribution in [2.24, 2.45) is 0 Å². The maximum absolute atomic E-state index is 9.99. The normalized spacial score (nSPS) is 9.85. The van der Waals surface area contributed by atoms with Gasteiger partial charge in [-0.25, -0.2) is 4.79 Å². The first-order chi connectivity index (χ1) is 6.13. The number of hydrogen-bond acceptors (Lipinski definition) is 4. The lowest BCUT2D eigenvalue weighted by Gasteiger charge is -2.01. The molecule has 0 spiro atoms. The third-order valence-electron chi connectivity index (χ3n) is 1.06. The molecule has 0 aromatic heterocycles. The van der Waals surface area contributed by atoms with E-state index in [1.165, 1.54) is 0 Å². The second-order valence-electron chi connectivity index (χ2n) is 2.20. The summed E-state index contributed by atoms with van der Waals surface area (Å²) in [5, 5.41) is 16.3. The Morgan fingerprint density at radius 3 is 2.08 bits per heavy atom. The van der Waals surface area contributed by atoms with Gasteiger partial charge in [-0.15, -0.1) is 0 Å². The monoisotopic (exact) mass is 192 g/mol. The fourth-order valence-corrected chi connectivity index (χ4v) is 0.539. The molecule has 0 bridgehead atoms. The van der Waals surface area contributed by atoms with Crippen molar-refractivity contribution in [2.75, 3.05) is 26.4 Å². The average Bonchev–Trinajstić information content (AvgIpc) is 2.01. The number of carboxylic acids is 2. The lowest BCUT2D eigenvalue weighted by molar-refractivity contribution is -0.142. The summed E-state index contributed by atoms with van der Waals surface area (Å²) in [4.78, 5) is 19.9. The predicted molar refractivity (Wildman–Crippen MR) is 41.5 cm³/mol. The van der Waals surface area contributed by atoms with Gasteiger partial charge in [0.2, 0.25) is 0 Å². The Morgan fingerprint density at radius 2 is 1.54 bits per heavy atom. The van der Waals surface area contributed by atoms with E-state index in [1.807, 2.05) is 0 Å². The fraction of sp³-hybridized carbons (Fsp3) is 0.714. The first-order valence-electron chi connectivity index (χ1n) is 3.72. The van der Waals surface area contributed by atoms with E-state index in [1.54, 1.807) is 0 Å². The van der Waals surface area contributed by atoms with Gasteiger partial charge in [0, 0.05) is 0 Å².